The Hall–Kier alpha value is -4.60. The van der Waals surface area contributed by atoms with Gasteiger partial charge in [-0.3, -0.25) is 0 Å². The molecule has 0 radical (unpaired) electrons. The molecule has 0 unspecified atom stereocenters. The first-order valence-electron chi connectivity index (χ1n) is 12.3. The zero-order valence-electron chi connectivity index (χ0n) is 20.5. The van der Waals surface area contributed by atoms with Crippen LogP contribution in [0.1, 0.15) is 11.8 Å². The van der Waals surface area contributed by atoms with Crippen molar-refractivity contribution in [2.24, 2.45) is 0 Å². The molecular formula is C30H20N4O3S2. The van der Waals surface area contributed by atoms with E-state index in [-0.39, 0.29) is 13.2 Å². The van der Waals surface area contributed by atoms with Gasteiger partial charge in [0.1, 0.15) is 21.5 Å². The number of nitrogens with zero attached hydrogens (tertiary/aromatic N) is 4. The van der Waals surface area contributed by atoms with Crippen molar-refractivity contribution in [2.75, 3.05) is 0 Å². The number of aromatic nitrogens is 4. The third-order valence-corrected chi connectivity index (χ3v) is 8.17. The van der Waals surface area contributed by atoms with Gasteiger partial charge in [-0.15, -0.1) is 32.9 Å². The third kappa shape index (κ3) is 4.85. The molecule has 0 aliphatic rings. The van der Waals surface area contributed by atoms with Gasteiger partial charge in [0.15, 0.2) is 13.2 Å². The van der Waals surface area contributed by atoms with Crippen LogP contribution >= 0.6 is 22.7 Å². The molecule has 7 rings (SSSR count). The lowest BCUT2D eigenvalue weighted by Crippen LogP contribution is -1.98. The molecule has 0 N–H and O–H groups in total. The van der Waals surface area contributed by atoms with Crippen LogP contribution in [0.3, 0.4) is 0 Å². The van der Waals surface area contributed by atoms with Gasteiger partial charge in [-0.1, -0.05) is 48.5 Å². The van der Waals surface area contributed by atoms with Gasteiger partial charge in [0, 0.05) is 0 Å². The van der Waals surface area contributed by atoms with Crippen LogP contribution in [0.2, 0.25) is 0 Å². The van der Waals surface area contributed by atoms with Crippen LogP contribution in [0, 0.1) is 0 Å². The fourth-order valence-electron chi connectivity index (χ4n) is 4.20. The van der Waals surface area contributed by atoms with Crippen LogP contribution in [0.5, 0.6) is 11.5 Å². The monoisotopic (exact) mass is 548 g/mol. The van der Waals surface area contributed by atoms with E-state index in [2.05, 4.69) is 22.3 Å². The molecule has 0 saturated carbocycles. The van der Waals surface area contributed by atoms with Crippen molar-refractivity contribution < 1.29 is 13.9 Å². The highest BCUT2D eigenvalue weighted by Gasteiger charge is 2.15. The zero-order chi connectivity index (χ0) is 26.0. The van der Waals surface area contributed by atoms with Gasteiger partial charge in [0.25, 0.3) is 11.8 Å². The molecule has 7 nitrogen and oxygen atoms in total. The summed E-state index contributed by atoms with van der Waals surface area (Å²) < 4.78 is 20.2. The Kier molecular flexibility index (Phi) is 6.20. The van der Waals surface area contributed by atoms with Crippen LogP contribution in [0.25, 0.3) is 41.6 Å². The third-order valence-electron chi connectivity index (χ3n) is 6.03. The largest absolute Gasteiger partial charge is 0.483 e. The summed E-state index contributed by atoms with van der Waals surface area (Å²) in [7, 11) is 0. The fourth-order valence-corrected chi connectivity index (χ4v) is 6.19. The predicted octanol–water partition coefficient (Wildman–Crippen LogP) is 7.78. The highest BCUT2D eigenvalue weighted by molar-refractivity contribution is 7.22. The lowest BCUT2D eigenvalue weighted by atomic mass is 10.2. The summed E-state index contributed by atoms with van der Waals surface area (Å²) in [5, 5.41) is 10.1. The number of hydrogen-bond acceptors (Lipinski definition) is 9. The van der Waals surface area contributed by atoms with Gasteiger partial charge in [0.05, 0.1) is 31.6 Å². The molecule has 9 heteroatoms. The van der Waals surface area contributed by atoms with Crippen LogP contribution < -0.4 is 9.47 Å². The first-order chi connectivity index (χ1) is 19.3. The highest BCUT2D eigenvalue weighted by Crippen LogP contribution is 2.37. The van der Waals surface area contributed by atoms with E-state index < -0.39 is 0 Å². The molecule has 0 spiro atoms. The van der Waals surface area contributed by atoms with Crippen molar-refractivity contribution in [1.29, 1.82) is 0 Å². The molecule has 0 atom stereocenters. The molecule has 39 heavy (non-hydrogen) atoms. The molecule has 3 aromatic heterocycles. The van der Waals surface area contributed by atoms with E-state index in [0.717, 1.165) is 41.6 Å². The minimum atomic E-state index is 0.136. The van der Waals surface area contributed by atoms with E-state index in [1.807, 2.05) is 84.9 Å². The Morgan fingerprint density at radius 3 is 1.46 bits per heavy atom. The second kappa shape index (κ2) is 10.3. The van der Waals surface area contributed by atoms with Crippen LogP contribution in [-0.4, -0.2) is 20.2 Å². The molecule has 0 aliphatic heterocycles. The van der Waals surface area contributed by atoms with Crippen molar-refractivity contribution >= 4 is 43.1 Å². The van der Waals surface area contributed by atoms with Gasteiger partial charge >= 0.3 is 0 Å². The Morgan fingerprint density at radius 2 is 0.974 bits per heavy atom. The molecule has 0 saturated heterocycles. The number of benzene rings is 4. The van der Waals surface area contributed by atoms with E-state index in [4.69, 9.17) is 23.9 Å². The summed E-state index contributed by atoms with van der Waals surface area (Å²) in [6.45, 7) is 0.272. The van der Waals surface area contributed by atoms with E-state index in [1.165, 1.54) is 0 Å². The number of hydrogen-bond donors (Lipinski definition) is 0. The van der Waals surface area contributed by atoms with Gasteiger partial charge in [-0.2, -0.15) is 0 Å². The van der Waals surface area contributed by atoms with Crippen molar-refractivity contribution in [1.82, 2.24) is 20.2 Å². The Balaban J connectivity index is 1.04. The lowest BCUT2D eigenvalue weighted by molar-refractivity contribution is 0.232. The SMILES string of the molecule is c1ccc(-c2nc3ccccc3s2)c(OCc2nnc(COc3ccccc3-c3nc4ccccc4s3)o2)c1. The summed E-state index contributed by atoms with van der Waals surface area (Å²) in [6, 6.07) is 31.8. The average Bonchev–Trinajstić information content (AvgIpc) is 3.73. The minimum absolute atomic E-state index is 0.136. The molecule has 7 aromatic rings. The summed E-state index contributed by atoms with van der Waals surface area (Å²) in [5.41, 5.74) is 3.79. The number of para-hydroxylation sites is 4. The van der Waals surface area contributed by atoms with Crippen molar-refractivity contribution in [3.63, 3.8) is 0 Å². The smallest absolute Gasteiger partial charge is 0.254 e. The maximum atomic E-state index is 6.08. The average molecular weight is 549 g/mol. The minimum Gasteiger partial charge on any atom is -0.483 e. The number of rotatable bonds is 8. The topological polar surface area (TPSA) is 83.2 Å². The predicted molar refractivity (Wildman–Crippen MR) is 153 cm³/mol. The molecule has 0 bridgehead atoms. The normalized spacial score (nSPS) is 11.3. The van der Waals surface area contributed by atoms with Gasteiger partial charge < -0.3 is 13.9 Å². The zero-order valence-corrected chi connectivity index (χ0v) is 22.1. The van der Waals surface area contributed by atoms with E-state index in [0.29, 0.717) is 23.3 Å². The fraction of sp³-hybridized carbons (Fsp3) is 0.0667. The Morgan fingerprint density at radius 1 is 0.538 bits per heavy atom. The number of thiazole rings is 2. The van der Waals surface area contributed by atoms with E-state index in [9.17, 15) is 0 Å². The van der Waals surface area contributed by atoms with Crippen molar-refractivity contribution in [2.45, 2.75) is 13.2 Å². The molecule has 0 fully saturated rings. The molecule has 0 amide bonds. The summed E-state index contributed by atoms with van der Waals surface area (Å²) in [4.78, 5) is 9.53. The molecule has 3 heterocycles. The van der Waals surface area contributed by atoms with E-state index in [1.54, 1.807) is 22.7 Å². The summed E-state index contributed by atoms with van der Waals surface area (Å²) in [5.74, 6) is 2.15. The van der Waals surface area contributed by atoms with Gasteiger partial charge in [-0.25, -0.2) is 9.97 Å². The maximum absolute atomic E-state index is 6.08. The number of fused-ring (bicyclic) bond motifs is 2. The van der Waals surface area contributed by atoms with Gasteiger partial charge in [-0.05, 0) is 48.5 Å². The van der Waals surface area contributed by atoms with Gasteiger partial charge in [0.2, 0.25) is 0 Å². The van der Waals surface area contributed by atoms with Crippen LogP contribution in [0.15, 0.2) is 101 Å². The molecule has 190 valence electrons. The molecule has 4 aromatic carbocycles. The van der Waals surface area contributed by atoms with Crippen molar-refractivity contribution in [3.05, 3.63) is 109 Å². The first kappa shape index (κ1) is 23.5. The lowest BCUT2D eigenvalue weighted by Gasteiger charge is -2.08. The Labute approximate surface area is 231 Å². The highest BCUT2D eigenvalue weighted by atomic mass is 32.1. The number of ether oxygens (including phenoxy) is 2. The molecule has 0 aliphatic carbocycles. The quantitative estimate of drug-likeness (QED) is 0.192. The second-order valence-corrected chi connectivity index (χ2v) is 10.7. The van der Waals surface area contributed by atoms with Crippen LogP contribution in [0.4, 0.5) is 0 Å². The Bertz CT molecular complexity index is 1710. The second-order valence-electron chi connectivity index (χ2n) is 8.63. The van der Waals surface area contributed by atoms with Crippen LogP contribution in [-0.2, 0) is 13.2 Å². The van der Waals surface area contributed by atoms with E-state index >= 15 is 0 Å². The maximum Gasteiger partial charge on any atom is 0.254 e. The van der Waals surface area contributed by atoms with Crippen molar-refractivity contribution in [3.8, 4) is 32.6 Å². The first-order valence-corrected chi connectivity index (χ1v) is 13.9. The standard InChI is InChI=1S/C30H20N4O3S2/c1-5-13-23(19(9-1)29-31-21-11-3-7-15-25(21)38-29)35-17-27-33-34-28(37-27)18-36-24-14-6-2-10-20(24)30-32-22-12-4-8-16-26(22)39-30/h1-16H,17-18H2. The summed E-state index contributed by atoms with van der Waals surface area (Å²) in [6.07, 6.45) is 0. The molecular weight excluding hydrogens is 528 g/mol. The summed E-state index contributed by atoms with van der Waals surface area (Å²) >= 11 is 3.27.